The molecule has 3 rings (SSSR count). The van der Waals surface area contributed by atoms with Crippen LogP contribution in [0.3, 0.4) is 0 Å². The molecule has 2 aromatic carbocycles. The predicted molar refractivity (Wildman–Crippen MR) is 98.4 cm³/mol. The summed E-state index contributed by atoms with van der Waals surface area (Å²) in [5.74, 6) is -0.714. The van der Waals surface area contributed by atoms with Gasteiger partial charge in [0.15, 0.2) is 0 Å². The van der Waals surface area contributed by atoms with E-state index in [0.717, 1.165) is 11.3 Å². The molecule has 0 fully saturated rings. The molecule has 0 saturated heterocycles. The van der Waals surface area contributed by atoms with E-state index >= 15 is 0 Å². The Morgan fingerprint density at radius 2 is 1.69 bits per heavy atom. The summed E-state index contributed by atoms with van der Waals surface area (Å²) < 4.78 is 19.4. The van der Waals surface area contributed by atoms with Crippen molar-refractivity contribution >= 4 is 5.69 Å². The number of rotatable bonds is 6. The minimum absolute atomic E-state index is 0.179. The Bertz CT molecular complexity index is 914. The maximum absolute atomic E-state index is 13.0. The predicted octanol–water partition coefficient (Wildman–Crippen LogP) is 2.80. The standard InChI is InChI=1S/C19H21FN4O2/c1-22(2)17-10-4-14(5-11-17)12-23(3)13-24-19(25)26-18(21-24)15-6-8-16(20)9-7-15/h4-11H,12-13H2,1-3H3. The molecule has 0 bridgehead atoms. The number of nitrogens with zero attached hydrogens (tertiary/aromatic N) is 4. The van der Waals surface area contributed by atoms with Gasteiger partial charge in [-0.1, -0.05) is 12.1 Å². The Balaban J connectivity index is 1.68. The zero-order chi connectivity index (χ0) is 18.7. The van der Waals surface area contributed by atoms with Crippen molar-refractivity contribution < 1.29 is 8.81 Å². The maximum atomic E-state index is 13.0. The van der Waals surface area contributed by atoms with Crippen LogP contribution in [-0.2, 0) is 13.2 Å². The Hall–Kier alpha value is -2.93. The molecule has 0 radical (unpaired) electrons. The van der Waals surface area contributed by atoms with Crippen molar-refractivity contribution in [1.82, 2.24) is 14.7 Å². The average Bonchev–Trinajstić information content (AvgIpc) is 2.96. The van der Waals surface area contributed by atoms with Crippen molar-refractivity contribution in [2.24, 2.45) is 0 Å². The minimum atomic E-state index is -0.542. The highest BCUT2D eigenvalue weighted by Crippen LogP contribution is 2.16. The number of benzene rings is 2. The van der Waals surface area contributed by atoms with E-state index < -0.39 is 5.76 Å². The molecule has 1 aromatic heterocycles. The second kappa shape index (κ2) is 7.53. The van der Waals surface area contributed by atoms with Crippen LogP contribution >= 0.6 is 0 Å². The summed E-state index contributed by atoms with van der Waals surface area (Å²) in [6.45, 7) is 0.956. The van der Waals surface area contributed by atoms with Crippen molar-refractivity contribution in [3.05, 3.63) is 70.5 Å². The van der Waals surface area contributed by atoms with Crippen molar-refractivity contribution in [2.75, 3.05) is 26.0 Å². The van der Waals surface area contributed by atoms with Crippen LogP contribution in [-0.4, -0.2) is 35.8 Å². The molecule has 0 unspecified atom stereocenters. The average molecular weight is 356 g/mol. The topological polar surface area (TPSA) is 54.5 Å². The molecule has 136 valence electrons. The number of anilines is 1. The van der Waals surface area contributed by atoms with E-state index in [0.29, 0.717) is 18.8 Å². The molecular weight excluding hydrogens is 335 g/mol. The third-order valence-corrected chi connectivity index (χ3v) is 3.98. The van der Waals surface area contributed by atoms with Gasteiger partial charge in [-0.15, -0.1) is 5.10 Å². The van der Waals surface area contributed by atoms with Crippen molar-refractivity contribution in [3.63, 3.8) is 0 Å². The quantitative estimate of drug-likeness (QED) is 0.680. The normalized spacial score (nSPS) is 11.1. The van der Waals surface area contributed by atoms with Gasteiger partial charge in [0.05, 0.1) is 0 Å². The lowest BCUT2D eigenvalue weighted by Gasteiger charge is -2.17. The zero-order valence-corrected chi connectivity index (χ0v) is 15.0. The Kier molecular flexibility index (Phi) is 5.18. The van der Waals surface area contributed by atoms with Crippen LogP contribution in [0.2, 0.25) is 0 Å². The van der Waals surface area contributed by atoms with Gasteiger partial charge in [0.1, 0.15) is 12.5 Å². The van der Waals surface area contributed by atoms with E-state index in [-0.39, 0.29) is 11.7 Å². The highest BCUT2D eigenvalue weighted by Gasteiger charge is 2.12. The van der Waals surface area contributed by atoms with E-state index in [1.54, 1.807) is 0 Å². The Labute approximate surface area is 151 Å². The summed E-state index contributed by atoms with van der Waals surface area (Å²) in [6.07, 6.45) is 0. The molecule has 0 aliphatic heterocycles. The van der Waals surface area contributed by atoms with E-state index in [2.05, 4.69) is 29.4 Å². The van der Waals surface area contributed by atoms with E-state index in [4.69, 9.17) is 4.42 Å². The van der Waals surface area contributed by atoms with E-state index in [1.807, 2.05) is 30.9 Å². The monoisotopic (exact) mass is 356 g/mol. The zero-order valence-electron chi connectivity index (χ0n) is 15.0. The van der Waals surface area contributed by atoms with Crippen LogP contribution in [0, 0.1) is 5.82 Å². The fourth-order valence-electron chi connectivity index (χ4n) is 2.59. The van der Waals surface area contributed by atoms with Crippen LogP contribution in [0.15, 0.2) is 57.7 Å². The molecule has 1 heterocycles. The summed E-state index contributed by atoms with van der Waals surface area (Å²) in [6, 6.07) is 13.9. The summed E-state index contributed by atoms with van der Waals surface area (Å²) in [5.41, 5.74) is 2.82. The SMILES string of the molecule is CN(Cc1ccc(N(C)C)cc1)Cn1nc(-c2ccc(F)cc2)oc1=O. The number of halogens is 1. The molecule has 0 atom stereocenters. The van der Waals surface area contributed by atoms with Crippen molar-refractivity contribution in [1.29, 1.82) is 0 Å². The maximum Gasteiger partial charge on any atom is 0.438 e. The molecule has 0 aliphatic carbocycles. The highest BCUT2D eigenvalue weighted by atomic mass is 19.1. The summed E-state index contributed by atoms with van der Waals surface area (Å²) in [4.78, 5) is 16.0. The third kappa shape index (κ3) is 4.18. The first-order valence-electron chi connectivity index (χ1n) is 8.21. The third-order valence-electron chi connectivity index (χ3n) is 3.98. The molecule has 0 spiro atoms. The van der Waals surface area contributed by atoms with Gasteiger partial charge in [0.2, 0.25) is 5.89 Å². The van der Waals surface area contributed by atoms with Gasteiger partial charge in [-0.3, -0.25) is 4.90 Å². The van der Waals surface area contributed by atoms with Gasteiger partial charge in [-0.05, 0) is 49.0 Å². The Morgan fingerprint density at radius 1 is 1.04 bits per heavy atom. The van der Waals surface area contributed by atoms with E-state index in [1.165, 1.54) is 28.9 Å². The van der Waals surface area contributed by atoms with Crippen molar-refractivity contribution in [3.8, 4) is 11.5 Å². The van der Waals surface area contributed by atoms with Crippen LogP contribution in [0.25, 0.3) is 11.5 Å². The molecule has 7 heteroatoms. The molecule has 0 aliphatic rings. The van der Waals surface area contributed by atoms with Gasteiger partial charge in [-0.2, -0.15) is 4.68 Å². The minimum Gasteiger partial charge on any atom is -0.388 e. The number of hydrogen-bond acceptors (Lipinski definition) is 5. The first kappa shape index (κ1) is 17.9. The number of aromatic nitrogens is 2. The van der Waals surface area contributed by atoms with Crippen molar-refractivity contribution in [2.45, 2.75) is 13.2 Å². The van der Waals surface area contributed by atoms with Crippen LogP contribution in [0.4, 0.5) is 10.1 Å². The molecule has 0 saturated carbocycles. The fourth-order valence-corrected chi connectivity index (χ4v) is 2.59. The smallest absolute Gasteiger partial charge is 0.388 e. The summed E-state index contributed by atoms with van der Waals surface area (Å²) in [5, 5.41) is 4.20. The first-order valence-corrected chi connectivity index (χ1v) is 8.21. The van der Waals surface area contributed by atoms with Gasteiger partial charge in [0.25, 0.3) is 0 Å². The number of hydrogen-bond donors (Lipinski definition) is 0. The van der Waals surface area contributed by atoms with Gasteiger partial charge < -0.3 is 9.32 Å². The lowest BCUT2D eigenvalue weighted by molar-refractivity contribution is 0.237. The molecule has 0 amide bonds. The van der Waals surface area contributed by atoms with Crippen LogP contribution < -0.4 is 10.7 Å². The Morgan fingerprint density at radius 3 is 2.31 bits per heavy atom. The van der Waals surface area contributed by atoms with Gasteiger partial charge in [-0.25, -0.2) is 9.18 Å². The first-order chi connectivity index (χ1) is 12.4. The van der Waals surface area contributed by atoms with Gasteiger partial charge >= 0.3 is 5.76 Å². The van der Waals surface area contributed by atoms with E-state index in [9.17, 15) is 9.18 Å². The van der Waals surface area contributed by atoms with Crippen LogP contribution in [0.1, 0.15) is 5.56 Å². The highest BCUT2D eigenvalue weighted by molar-refractivity contribution is 5.51. The molecule has 6 nitrogen and oxygen atoms in total. The second-order valence-corrected chi connectivity index (χ2v) is 6.40. The molecule has 26 heavy (non-hydrogen) atoms. The van der Waals surface area contributed by atoms with Crippen LogP contribution in [0.5, 0.6) is 0 Å². The largest absolute Gasteiger partial charge is 0.438 e. The van der Waals surface area contributed by atoms with Gasteiger partial charge in [0, 0.05) is 31.9 Å². The lowest BCUT2D eigenvalue weighted by atomic mass is 10.2. The molecular formula is C19H21FN4O2. The molecule has 0 N–H and O–H groups in total. The fraction of sp³-hybridized carbons (Fsp3) is 0.263. The lowest BCUT2D eigenvalue weighted by Crippen LogP contribution is -2.28. The second-order valence-electron chi connectivity index (χ2n) is 6.40. The summed E-state index contributed by atoms with van der Waals surface area (Å²) in [7, 11) is 5.90. The summed E-state index contributed by atoms with van der Waals surface area (Å²) >= 11 is 0. The molecule has 3 aromatic rings.